The Morgan fingerprint density at radius 2 is 2.03 bits per heavy atom. The lowest BCUT2D eigenvalue weighted by Gasteiger charge is -2.33. The van der Waals surface area contributed by atoms with Gasteiger partial charge in [0.25, 0.3) is 0 Å². The number of amides is 1. The average molecular weight is 409 g/mol. The molecule has 1 amide bonds. The van der Waals surface area contributed by atoms with Crippen LogP contribution in [-0.2, 0) is 11.2 Å². The summed E-state index contributed by atoms with van der Waals surface area (Å²) in [6, 6.07) is 16.3. The van der Waals surface area contributed by atoms with Crippen molar-refractivity contribution >= 4 is 17.7 Å². The summed E-state index contributed by atoms with van der Waals surface area (Å²) in [4.78, 5) is 14.8. The summed E-state index contributed by atoms with van der Waals surface area (Å²) in [6.45, 7) is 0. The molecule has 0 unspecified atom stereocenters. The lowest BCUT2D eigenvalue weighted by atomic mass is 9.87. The first-order valence-corrected chi connectivity index (χ1v) is 10.7. The zero-order chi connectivity index (χ0) is 20.2. The second-order valence-corrected chi connectivity index (χ2v) is 8.00. The van der Waals surface area contributed by atoms with Crippen molar-refractivity contribution < 1.29 is 9.53 Å². The van der Waals surface area contributed by atoms with Gasteiger partial charge in [-0.3, -0.25) is 9.36 Å². The molecule has 0 aliphatic heterocycles. The van der Waals surface area contributed by atoms with E-state index in [4.69, 9.17) is 4.74 Å². The molecule has 150 valence electrons. The van der Waals surface area contributed by atoms with E-state index in [1.165, 1.54) is 22.9 Å². The van der Waals surface area contributed by atoms with Crippen molar-refractivity contribution in [3.05, 3.63) is 66.0 Å². The molecule has 0 N–H and O–H groups in total. The summed E-state index contributed by atoms with van der Waals surface area (Å²) in [7, 11) is 3.54. The summed E-state index contributed by atoms with van der Waals surface area (Å²) in [5.41, 5.74) is 3.48. The number of para-hydroxylation sites is 2. The number of hydrogen-bond acceptors (Lipinski definition) is 5. The number of hydrogen-bond donors (Lipinski definition) is 0. The Kier molecular flexibility index (Phi) is 5.85. The normalized spacial score (nSPS) is 15.6. The summed E-state index contributed by atoms with van der Waals surface area (Å²) in [6.07, 6.45) is 4.84. The van der Waals surface area contributed by atoms with Crippen LogP contribution < -0.4 is 4.74 Å². The predicted molar refractivity (Wildman–Crippen MR) is 114 cm³/mol. The number of nitrogens with zero attached hydrogens (tertiary/aromatic N) is 4. The fourth-order valence-electron chi connectivity index (χ4n) is 3.85. The predicted octanol–water partition coefficient (Wildman–Crippen LogP) is 3.90. The van der Waals surface area contributed by atoms with Gasteiger partial charge in [-0.05, 0) is 42.5 Å². The highest BCUT2D eigenvalue weighted by atomic mass is 32.2. The zero-order valence-electron chi connectivity index (χ0n) is 16.6. The molecule has 1 aliphatic rings. The molecule has 0 bridgehead atoms. The maximum Gasteiger partial charge on any atom is 0.233 e. The molecule has 0 saturated carbocycles. The van der Waals surface area contributed by atoms with E-state index in [1.54, 1.807) is 13.4 Å². The third-order valence-corrected chi connectivity index (χ3v) is 6.31. The van der Waals surface area contributed by atoms with Gasteiger partial charge in [0.1, 0.15) is 12.1 Å². The number of methoxy groups -OCH3 is 1. The quantitative estimate of drug-likeness (QED) is 0.579. The molecule has 7 heteroatoms. The third kappa shape index (κ3) is 4.00. The first kappa shape index (κ1) is 19.5. The highest BCUT2D eigenvalue weighted by Crippen LogP contribution is 2.34. The molecule has 6 nitrogen and oxygen atoms in total. The molecule has 0 spiro atoms. The Bertz CT molecular complexity index is 1000. The second-order valence-electron chi connectivity index (χ2n) is 7.06. The average Bonchev–Trinajstić information content (AvgIpc) is 3.25. The van der Waals surface area contributed by atoms with E-state index in [2.05, 4.69) is 34.5 Å². The number of thioether (sulfide) groups is 1. The van der Waals surface area contributed by atoms with E-state index in [0.29, 0.717) is 10.9 Å². The number of benzene rings is 2. The fraction of sp³-hybridized carbons (Fsp3) is 0.318. The van der Waals surface area contributed by atoms with Crippen molar-refractivity contribution in [2.24, 2.45) is 0 Å². The molecule has 4 rings (SSSR count). The molecule has 1 heterocycles. The number of carbonyl (C=O) groups is 1. The van der Waals surface area contributed by atoms with Crippen LogP contribution in [0.5, 0.6) is 5.75 Å². The van der Waals surface area contributed by atoms with Gasteiger partial charge in [-0.15, -0.1) is 10.2 Å². The minimum Gasteiger partial charge on any atom is -0.495 e. The van der Waals surface area contributed by atoms with Crippen LogP contribution in [0.2, 0.25) is 0 Å². The molecule has 0 fully saturated rings. The van der Waals surface area contributed by atoms with Gasteiger partial charge in [0.05, 0.1) is 24.6 Å². The van der Waals surface area contributed by atoms with Crippen molar-refractivity contribution in [3.63, 3.8) is 0 Å². The van der Waals surface area contributed by atoms with Crippen LogP contribution in [-0.4, -0.2) is 45.5 Å². The maximum atomic E-state index is 12.9. The summed E-state index contributed by atoms with van der Waals surface area (Å²) < 4.78 is 7.29. The lowest BCUT2D eigenvalue weighted by Crippen LogP contribution is -2.34. The van der Waals surface area contributed by atoms with Crippen molar-refractivity contribution in [2.45, 2.75) is 30.5 Å². The largest absolute Gasteiger partial charge is 0.495 e. The van der Waals surface area contributed by atoms with Crippen molar-refractivity contribution in [3.8, 4) is 11.4 Å². The van der Waals surface area contributed by atoms with Crippen LogP contribution in [0.15, 0.2) is 60.0 Å². The van der Waals surface area contributed by atoms with Crippen molar-refractivity contribution in [1.82, 2.24) is 19.7 Å². The number of fused-ring (bicyclic) bond motifs is 1. The Hall–Kier alpha value is -2.80. The van der Waals surface area contributed by atoms with Gasteiger partial charge in [0.15, 0.2) is 5.16 Å². The highest BCUT2D eigenvalue weighted by molar-refractivity contribution is 7.99. The van der Waals surface area contributed by atoms with Crippen molar-refractivity contribution in [1.29, 1.82) is 0 Å². The monoisotopic (exact) mass is 408 g/mol. The molecule has 2 aromatic carbocycles. The van der Waals surface area contributed by atoms with E-state index in [-0.39, 0.29) is 11.9 Å². The minimum atomic E-state index is 0.0891. The Labute approximate surface area is 174 Å². The van der Waals surface area contributed by atoms with Gasteiger partial charge in [0, 0.05) is 7.05 Å². The Morgan fingerprint density at radius 3 is 2.90 bits per heavy atom. The van der Waals surface area contributed by atoms with Crippen LogP contribution in [0.4, 0.5) is 0 Å². The van der Waals surface area contributed by atoms with Crippen LogP contribution in [0.1, 0.15) is 30.0 Å². The van der Waals surface area contributed by atoms with Gasteiger partial charge in [0.2, 0.25) is 5.91 Å². The Balaban J connectivity index is 1.47. The molecule has 1 aliphatic carbocycles. The summed E-state index contributed by atoms with van der Waals surface area (Å²) in [5.74, 6) is 1.13. The molecule has 29 heavy (non-hydrogen) atoms. The first-order chi connectivity index (χ1) is 14.2. The lowest BCUT2D eigenvalue weighted by molar-refractivity contribution is -0.129. The van der Waals surface area contributed by atoms with Crippen LogP contribution in [0.3, 0.4) is 0 Å². The SMILES string of the molecule is COc1ccccc1-n1cnnc1SCC(=O)N(C)[C@H]1CCCc2ccccc21. The topological polar surface area (TPSA) is 60.2 Å². The molecular formula is C22H24N4O2S. The van der Waals surface area contributed by atoms with Gasteiger partial charge in [-0.25, -0.2) is 0 Å². The van der Waals surface area contributed by atoms with E-state index >= 15 is 0 Å². The molecule has 0 radical (unpaired) electrons. The van der Waals surface area contributed by atoms with Crippen LogP contribution in [0.25, 0.3) is 5.69 Å². The molecule has 1 atom stereocenters. The van der Waals surface area contributed by atoms with Gasteiger partial charge >= 0.3 is 0 Å². The van der Waals surface area contributed by atoms with E-state index < -0.39 is 0 Å². The highest BCUT2D eigenvalue weighted by Gasteiger charge is 2.26. The molecular weight excluding hydrogens is 384 g/mol. The first-order valence-electron chi connectivity index (χ1n) is 9.68. The van der Waals surface area contributed by atoms with Crippen molar-refractivity contribution in [2.75, 3.05) is 19.9 Å². The maximum absolute atomic E-state index is 12.9. The number of rotatable bonds is 6. The third-order valence-electron chi connectivity index (χ3n) is 5.38. The van der Waals surface area contributed by atoms with Gasteiger partial charge in [-0.2, -0.15) is 0 Å². The Morgan fingerprint density at radius 1 is 1.24 bits per heavy atom. The number of carbonyl (C=O) groups excluding carboxylic acids is 1. The number of ether oxygens (including phenoxy) is 1. The molecule has 1 aromatic heterocycles. The van der Waals surface area contributed by atoms with Gasteiger partial charge < -0.3 is 9.64 Å². The van der Waals surface area contributed by atoms with Gasteiger partial charge in [-0.1, -0.05) is 48.2 Å². The number of aryl methyl sites for hydroxylation is 1. The number of aromatic nitrogens is 3. The molecule has 3 aromatic rings. The summed E-state index contributed by atoms with van der Waals surface area (Å²) >= 11 is 1.39. The van der Waals surface area contributed by atoms with Crippen LogP contribution in [0, 0.1) is 0 Å². The standard InChI is InChI=1S/C22H24N4O2S/c1-25(18-12-7-9-16-8-3-4-10-17(16)18)21(27)14-29-22-24-23-15-26(22)19-11-5-6-13-20(19)28-2/h3-6,8,10-11,13,15,18H,7,9,12,14H2,1-2H3/t18-/m0/s1. The summed E-state index contributed by atoms with van der Waals surface area (Å²) in [5, 5.41) is 8.89. The van der Waals surface area contributed by atoms with Crippen LogP contribution >= 0.6 is 11.8 Å². The second kappa shape index (κ2) is 8.69. The fourth-order valence-corrected chi connectivity index (χ4v) is 4.70. The van der Waals surface area contributed by atoms with E-state index in [1.807, 2.05) is 40.8 Å². The van der Waals surface area contributed by atoms with E-state index in [9.17, 15) is 4.79 Å². The smallest absolute Gasteiger partial charge is 0.233 e. The zero-order valence-corrected chi connectivity index (χ0v) is 17.4. The minimum absolute atomic E-state index is 0.0891. The molecule has 0 saturated heterocycles. The van der Waals surface area contributed by atoms with E-state index in [0.717, 1.165) is 30.7 Å².